The van der Waals surface area contributed by atoms with Gasteiger partial charge in [-0.25, -0.2) is 0 Å². The van der Waals surface area contributed by atoms with Gasteiger partial charge < -0.3 is 20.3 Å². The quantitative estimate of drug-likeness (QED) is 0.139. The fourth-order valence-corrected chi connectivity index (χ4v) is 4.46. The predicted molar refractivity (Wildman–Crippen MR) is 154 cm³/mol. The van der Waals surface area contributed by atoms with E-state index in [9.17, 15) is 42.6 Å². The highest BCUT2D eigenvalue weighted by Gasteiger charge is 2.48. The minimum absolute atomic E-state index is 0.232. The van der Waals surface area contributed by atoms with E-state index in [0.29, 0.717) is 27.9 Å². The molecule has 4 aromatic carbocycles. The van der Waals surface area contributed by atoms with Crippen molar-refractivity contribution in [3.05, 3.63) is 125 Å². The number of amides is 1. The van der Waals surface area contributed by atoms with E-state index in [2.05, 4.69) is 5.32 Å². The van der Waals surface area contributed by atoms with Gasteiger partial charge in [-0.05, 0) is 52.6 Å². The van der Waals surface area contributed by atoms with Crippen molar-refractivity contribution in [2.45, 2.75) is 19.0 Å². The van der Waals surface area contributed by atoms with E-state index in [0.717, 1.165) is 12.1 Å². The van der Waals surface area contributed by atoms with Gasteiger partial charge in [-0.3, -0.25) is 19.2 Å². The standard InChI is InChI=1S/C33H26F3NO7/c34-33(35,36)24-14-12-23(13-15-24)26-8-4-5-9-27(26)29(39)37-25-16-10-21(11-17-25)18-28(38)44-20-32(30(40)41,31(42)43)19-22-6-2-1-3-7-22/h1-17H,18-20H2,(H,37,39)(H,40,41)(H,42,43). The number of hydrogen-bond donors (Lipinski definition) is 3. The van der Waals surface area contributed by atoms with Gasteiger partial charge in [0.05, 0.1) is 12.0 Å². The number of anilines is 1. The van der Waals surface area contributed by atoms with Crippen LogP contribution in [0.3, 0.4) is 0 Å². The number of halogens is 3. The van der Waals surface area contributed by atoms with Crippen LogP contribution in [-0.4, -0.2) is 40.6 Å². The van der Waals surface area contributed by atoms with Crippen molar-refractivity contribution in [3.8, 4) is 11.1 Å². The number of carboxylic acid groups (broad SMARTS) is 2. The predicted octanol–water partition coefficient (Wildman–Crippen LogP) is 6.11. The summed E-state index contributed by atoms with van der Waals surface area (Å²) in [5.41, 5.74) is -0.807. The molecule has 4 aromatic rings. The maximum absolute atomic E-state index is 13.1. The van der Waals surface area contributed by atoms with Crippen LogP contribution in [0.2, 0.25) is 0 Å². The number of benzene rings is 4. The summed E-state index contributed by atoms with van der Waals surface area (Å²) in [5, 5.41) is 22.1. The third-order valence-corrected chi connectivity index (χ3v) is 6.90. The molecule has 0 radical (unpaired) electrons. The van der Waals surface area contributed by atoms with E-state index < -0.39 is 47.6 Å². The molecule has 0 aliphatic rings. The average molecular weight is 606 g/mol. The second-order valence-corrected chi connectivity index (χ2v) is 9.96. The lowest BCUT2D eigenvalue weighted by Gasteiger charge is -2.24. The highest BCUT2D eigenvalue weighted by molar-refractivity contribution is 6.08. The van der Waals surface area contributed by atoms with Gasteiger partial charge in [-0.15, -0.1) is 0 Å². The van der Waals surface area contributed by atoms with Crippen LogP contribution in [0.4, 0.5) is 18.9 Å². The molecule has 1 amide bonds. The first-order valence-corrected chi connectivity index (χ1v) is 13.2. The lowest BCUT2D eigenvalue weighted by Crippen LogP contribution is -2.46. The number of nitrogens with one attached hydrogen (secondary N) is 1. The van der Waals surface area contributed by atoms with Crippen molar-refractivity contribution in [3.63, 3.8) is 0 Å². The molecule has 0 unspecified atom stereocenters. The molecule has 44 heavy (non-hydrogen) atoms. The number of aliphatic carboxylic acids is 2. The molecule has 226 valence electrons. The maximum atomic E-state index is 13.1. The Morgan fingerprint density at radius 2 is 1.30 bits per heavy atom. The summed E-state index contributed by atoms with van der Waals surface area (Å²) in [7, 11) is 0. The van der Waals surface area contributed by atoms with Crippen LogP contribution in [0.1, 0.15) is 27.0 Å². The van der Waals surface area contributed by atoms with Crippen molar-refractivity contribution in [2.75, 3.05) is 11.9 Å². The minimum Gasteiger partial charge on any atom is -0.480 e. The van der Waals surface area contributed by atoms with Crippen LogP contribution < -0.4 is 5.32 Å². The molecule has 0 saturated heterocycles. The topological polar surface area (TPSA) is 130 Å². The van der Waals surface area contributed by atoms with E-state index >= 15 is 0 Å². The second-order valence-electron chi connectivity index (χ2n) is 9.96. The van der Waals surface area contributed by atoms with Gasteiger partial charge in [-0.2, -0.15) is 13.2 Å². The molecule has 4 rings (SSSR count). The molecule has 0 heterocycles. The Labute approximate surface area is 249 Å². The molecule has 3 N–H and O–H groups in total. The number of rotatable bonds is 11. The average Bonchev–Trinajstić information content (AvgIpc) is 3.00. The van der Waals surface area contributed by atoms with Crippen LogP contribution >= 0.6 is 0 Å². The summed E-state index contributed by atoms with van der Waals surface area (Å²) >= 11 is 0. The van der Waals surface area contributed by atoms with Crippen molar-refractivity contribution < 1.29 is 47.3 Å². The molecule has 0 aliphatic carbocycles. The first-order chi connectivity index (χ1) is 20.9. The Kier molecular flexibility index (Phi) is 9.47. The minimum atomic E-state index is -4.48. The summed E-state index contributed by atoms with van der Waals surface area (Å²) in [6, 6.07) is 25.2. The number of alkyl halides is 3. The molecule has 0 spiro atoms. The van der Waals surface area contributed by atoms with Gasteiger partial charge >= 0.3 is 24.1 Å². The molecule has 0 bridgehead atoms. The van der Waals surface area contributed by atoms with Crippen molar-refractivity contribution in [1.82, 2.24) is 0 Å². The summed E-state index contributed by atoms with van der Waals surface area (Å²) in [5.74, 6) is -4.62. The number of hydrogen-bond acceptors (Lipinski definition) is 5. The van der Waals surface area contributed by atoms with Crippen LogP contribution in [0.5, 0.6) is 0 Å². The van der Waals surface area contributed by atoms with Gasteiger partial charge in [0.15, 0.2) is 0 Å². The number of carboxylic acids is 2. The lowest BCUT2D eigenvalue weighted by molar-refractivity contribution is -0.171. The zero-order valence-electron chi connectivity index (χ0n) is 23.0. The summed E-state index contributed by atoms with van der Waals surface area (Å²) in [6.07, 6.45) is -5.16. The summed E-state index contributed by atoms with van der Waals surface area (Å²) < 4.78 is 44.0. The van der Waals surface area contributed by atoms with Crippen molar-refractivity contribution in [1.29, 1.82) is 0 Å². The summed E-state index contributed by atoms with van der Waals surface area (Å²) in [6.45, 7) is -0.877. The first-order valence-electron chi connectivity index (χ1n) is 13.2. The van der Waals surface area contributed by atoms with Gasteiger partial charge in [0.25, 0.3) is 5.91 Å². The third-order valence-electron chi connectivity index (χ3n) is 6.90. The van der Waals surface area contributed by atoms with Crippen LogP contribution in [0, 0.1) is 5.41 Å². The highest BCUT2D eigenvalue weighted by atomic mass is 19.4. The maximum Gasteiger partial charge on any atom is 0.416 e. The largest absolute Gasteiger partial charge is 0.480 e. The number of ether oxygens (including phenoxy) is 1. The second kappa shape index (κ2) is 13.2. The Morgan fingerprint density at radius 3 is 1.89 bits per heavy atom. The first kappa shape index (κ1) is 31.5. The van der Waals surface area contributed by atoms with E-state index in [-0.39, 0.29) is 18.4 Å². The Hall–Kier alpha value is -5.45. The SMILES string of the molecule is O=C(Cc1ccc(NC(=O)c2ccccc2-c2ccc(C(F)(F)F)cc2)cc1)OCC(Cc1ccccc1)(C(=O)O)C(=O)O. The van der Waals surface area contributed by atoms with Gasteiger partial charge in [0, 0.05) is 17.7 Å². The Morgan fingerprint density at radius 1 is 0.705 bits per heavy atom. The Bertz CT molecular complexity index is 1640. The number of carbonyl (C=O) groups is 4. The van der Waals surface area contributed by atoms with Crippen LogP contribution in [0.15, 0.2) is 103 Å². The third kappa shape index (κ3) is 7.49. The molecule has 0 saturated carbocycles. The molecular weight excluding hydrogens is 579 g/mol. The zero-order chi connectivity index (χ0) is 31.9. The zero-order valence-corrected chi connectivity index (χ0v) is 23.0. The fourth-order valence-electron chi connectivity index (χ4n) is 4.46. The Balaban J connectivity index is 1.40. The van der Waals surface area contributed by atoms with Crippen molar-refractivity contribution >= 4 is 29.5 Å². The van der Waals surface area contributed by atoms with Gasteiger partial charge in [-0.1, -0.05) is 72.8 Å². The van der Waals surface area contributed by atoms with E-state index in [1.54, 1.807) is 54.6 Å². The fraction of sp³-hybridized carbons (Fsp3) is 0.152. The smallest absolute Gasteiger partial charge is 0.416 e. The molecule has 0 fully saturated rings. The molecule has 0 atom stereocenters. The normalized spacial score (nSPS) is 11.4. The lowest BCUT2D eigenvalue weighted by atomic mass is 9.82. The molecular formula is C33H26F3NO7. The van der Waals surface area contributed by atoms with Gasteiger partial charge in [0.2, 0.25) is 5.41 Å². The molecule has 8 nitrogen and oxygen atoms in total. The molecule has 11 heteroatoms. The van der Waals surface area contributed by atoms with E-state index in [1.807, 2.05) is 0 Å². The summed E-state index contributed by atoms with van der Waals surface area (Å²) in [4.78, 5) is 49.5. The van der Waals surface area contributed by atoms with Crippen LogP contribution in [-0.2, 0) is 38.1 Å². The van der Waals surface area contributed by atoms with E-state index in [4.69, 9.17) is 4.74 Å². The molecule has 0 aliphatic heterocycles. The highest BCUT2D eigenvalue weighted by Crippen LogP contribution is 2.32. The van der Waals surface area contributed by atoms with Crippen molar-refractivity contribution in [2.24, 2.45) is 5.41 Å². The number of carbonyl (C=O) groups excluding carboxylic acids is 2. The monoisotopic (exact) mass is 605 g/mol. The van der Waals surface area contributed by atoms with E-state index in [1.165, 1.54) is 36.4 Å². The van der Waals surface area contributed by atoms with Gasteiger partial charge in [0.1, 0.15) is 6.61 Å². The molecule has 0 aromatic heterocycles. The number of esters is 1. The van der Waals surface area contributed by atoms with Crippen LogP contribution in [0.25, 0.3) is 11.1 Å².